The average Bonchev–Trinajstić information content (AvgIpc) is 2.68. The van der Waals surface area contributed by atoms with Crippen LogP contribution in [0.3, 0.4) is 0 Å². The number of nitrogens with one attached hydrogen (secondary N) is 2. The third-order valence-corrected chi connectivity index (χ3v) is 3.36. The molecule has 0 aliphatic carbocycles. The van der Waals surface area contributed by atoms with E-state index in [1.807, 2.05) is 27.7 Å². The predicted molar refractivity (Wildman–Crippen MR) is 77.8 cm³/mol. The van der Waals surface area contributed by atoms with Crippen molar-refractivity contribution in [2.75, 3.05) is 13.1 Å². The zero-order chi connectivity index (χ0) is 16.2. The minimum atomic E-state index is -0.986. The highest BCUT2D eigenvalue weighted by molar-refractivity contribution is 5.84. The van der Waals surface area contributed by atoms with Gasteiger partial charge in [0.2, 0.25) is 5.91 Å². The Morgan fingerprint density at radius 2 is 1.90 bits per heavy atom. The lowest BCUT2D eigenvalue weighted by Gasteiger charge is -2.24. The fraction of sp³-hybridized carbons (Fsp3) is 0.786. The fourth-order valence-electron chi connectivity index (χ4n) is 2.42. The maximum Gasteiger partial charge on any atom is 0.326 e. The molecule has 1 aliphatic rings. The van der Waals surface area contributed by atoms with E-state index in [4.69, 9.17) is 5.11 Å². The van der Waals surface area contributed by atoms with Crippen molar-refractivity contribution < 1.29 is 19.5 Å². The van der Waals surface area contributed by atoms with E-state index in [9.17, 15) is 14.4 Å². The Kier molecular flexibility index (Phi) is 5.57. The topological polar surface area (TPSA) is 98.7 Å². The molecule has 2 atom stereocenters. The molecule has 1 fully saturated rings. The lowest BCUT2D eigenvalue weighted by atomic mass is 10.0. The smallest absolute Gasteiger partial charge is 0.326 e. The van der Waals surface area contributed by atoms with Gasteiger partial charge in [-0.15, -0.1) is 0 Å². The number of hydrogen-bond donors (Lipinski definition) is 3. The van der Waals surface area contributed by atoms with Crippen molar-refractivity contribution in [1.29, 1.82) is 0 Å². The van der Waals surface area contributed by atoms with Crippen LogP contribution in [-0.4, -0.2) is 52.6 Å². The minimum absolute atomic E-state index is 0.0579. The maximum atomic E-state index is 12.0. The first-order chi connectivity index (χ1) is 9.61. The van der Waals surface area contributed by atoms with Crippen molar-refractivity contribution in [3.63, 3.8) is 0 Å². The normalized spacial score (nSPS) is 22.0. The highest BCUT2D eigenvalue weighted by atomic mass is 16.4. The Morgan fingerprint density at radius 1 is 1.29 bits per heavy atom. The third-order valence-electron chi connectivity index (χ3n) is 3.36. The molecule has 0 bridgehead atoms. The molecular weight excluding hydrogens is 274 g/mol. The molecule has 2 unspecified atom stereocenters. The van der Waals surface area contributed by atoms with Gasteiger partial charge in [-0.1, -0.05) is 6.92 Å². The van der Waals surface area contributed by atoms with Gasteiger partial charge in [-0.05, 0) is 33.1 Å². The second kappa shape index (κ2) is 6.78. The number of carbonyl (C=O) groups excluding carboxylic acids is 2. The van der Waals surface area contributed by atoms with E-state index in [0.717, 1.165) is 0 Å². The first kappa shape index (κ1) is 17.3. The van der Waals surface area contributed by atoms with E-state index in [1.54, 1.807) is 0 Å². The number of likely N-dealkylation sites (tertiary alicyclic amines) is 1. The summed E-state index contributed by atoms with van der Waals surface area (Å²) in [5.74, 6) is -1.19. The molecular formula is C14H25N3O4. The van der Waals surface area contributed by atoms with Gasteiger partial charge < -0.3 is 20.6 Å². The summed E-state index contributed by atoms with van der Waals surface area (Å²) in [6.07, 6.45) is 0.846. The number of carboxylic acid groups (broad SMARTS) is 1. The zero-order valence-corrected chi connectivity index (χ0v) is 13.1. The Hall–Kier alpha value is -1.79. The van der Waals surface area contributed by atoms with Crippen molar-refractivity contribution in [3.05, 3.63) is 0 Å². The predicted octanol–water partition coefficient (Wildman–Crippen LogP) is 0.796. The quantitative estimate of drug-likeness (QED) is 0.715. The average molecular weight is 299 g/mol. The lowest BCUT2D eigenvalue weighted by Crippen LogP contribution is -2.48. The number of carbonyl (C=O) groups is 3. The number of rotatable bonds is 4. The highest BCUT2D eigenvalue weighted by Gasteiger charge is 2.39. The third kappa shape index (κ3) is 5.24. The Labute approximate surface area is 125 Å². The van der Waals surface area contributed by atoms with Crippen LogP contribution in [0.4, 0.5) is 4.79 Å². The van der Waals surface area contributed by atoms with Gasteiger partial charge in [0.1, 0.15) is 6.04 Å². The lowest BCUT2D eigenvalue weighted by molar-refractivity contribution is -0.142. The number of nitrogens with zero attached hydrogens (tertiary/aromatic N) is 1. The summed E-state index contributed by atoms with van der Waals surface area (Å²) in [5, 5.41) is 14.6. The van der Waals surface area contributed by atoms with E-state index in [0.29, 0.717) is 13.0 Å². The van der Waals surface area contributed by atoms with Gasteiger partial charge in [0.05, 0.1) is 0 Å². The number of carboxylic acids is 1. The Bertz CT molecular complexity index is 417. The summed E-state index contributed by atoms with van der Waals surface area (Å²) in [6.45, 7) is 8.09. The summed E-state index contributed by atoms with van der Waals surface area (Å²) in [5.41, 5.74) is -0.306. The van der Waals surface area contributed by atoms with Gasteiger partial charge in [-0.3, -0.25) is 4.79 Å². The molecule has 3 N–H and O–H groups in total. The van der Waals surface area contributed by atoms with E-state index in [2.05, 4.69) is 10.6 Å². The molecule has 21 heavy (non-hydrogen) atoms. The molecule has 1 rings (SSSR count). The molecule has 0 aromatic rings. The molecule has 0 spiro atoms. The minimum Gasteiger partial charge on any atom is -0.480 e. The summed E-state index contributed by atoms with van der Waals surface area (Å²) in [6, 6.07) is -1.20. The number of amides is 3. The Morgan fingerprint density at radius 3 is 2.43 bits per heavy atom. The number of hydrogen-bond acceptors (Lipinski definition) is 3. The number of urea groups is 1. The number of aliphatic carboxylic acids is 1. The molecule has 7 nitrogen and oxygen atoms in total. The first-order valence-electron chi connectivity index (χ1n) is 7.20. The summed E-state index contributed by atoms with van der Waals surface area (Å²) in [7, 11) is 0. The van der Waals surface area contributed by atoms with Gasteiger partial charge in [-0.25, -0.2) is 9.59 Å². The maximum absolute atomic E-state index is 12.0. The molecule has 1 heterocycles. The Balaban J connectivity index is 2.41. The van der Waals surface area contributed by atoms with Crippen LogP contribution in [0.5, 0.6) is 0 Å². The van der Waals surface area contributed by atoms with Gasteiger partial charge >= 0.3 is 12.0 Å². The van der Waals surface area contributed by atoms with Crippen LogP contribution in [0.1, 0.15) is 40.5 Å². The van der Waals surface area contributed by atoms with E-state index >= 15 is 0 Å². The SMILES string of the molecule is CC1CCN(C(=O)NCCC(=O)NC(C)(C)C)C1C(=O)O. The van der Waals surface area contributed by atoms with Gasteiger partial charge in [0, 0.05) is 25.0 Å². The molecule has 3 amide bonds. The van der Waals surface area contributed by atoms with Crippen LogP contribution in [0.2, 0.25) is 0 Å². The zero-order valence-electron chi connectivity index (χ0n) is 13.1. The van der Waals surface area contributed by atoms with Crippen LogP contribution in [-0.2, 0) is 9.59 Å². The van der Waals surface area contributed by atoms with Crippen molar-refractivity contribution in [3.8, 4) is 0 Å². The molecule has 0 aromatic heterocycles. The van der Waals surface area contributed by atoms with Gasteiger partial charge in [0.15, 0.2) is 0 Å². The first-order valence-corrected chi connectivity index (χ1v) is 7.20. The molecule has 0 saturated carbocycles. The molecule has 7 heteroatoms. The summed E-state index contributed by atoms with van der Waals surface area (Å²) >= 11 is 0. The molecule has 120 valence electrons. The second-order valence-electron chi connectivity index (χ2n) is 6.52. The van der Waals surface area contributed by atoms with E-state index in [1.165, 1.54) is 4.90 Å². The van der Waals surface area contributed by atoms with Gasteiger partial charge in [0.25, 0.3) is 0 Å². The molecule has 1 saturated heterocycles. The van der Waals surface area contributed by atoms with Crippen LogP contribution in [0, 0.1) is 5.92 Å². The monoisotopic (exact) mass is 299 g/mol. The van der Waals surface area contributed by atoms with Gasteiger partial charge in [-0.2, -0.15) is 0 Å². The highest BCUT2D eigenvalue weighted by Crippen LogP contribution is 2.23. The van der Waals surface area contributed by atoms with Crippen LogP contribution in [0.15, 0.2) is 0 Å². The van der Waals surface area contributed by atoms with E-state index in [-0.39, 0.29) is 30.3 Å². The fourth-order valence-corrected chi connectivity index (χ4v) is 2.42. The molecule has 0 aromatic carbocycles. The summed E-state index contributed by atoms with van der Waals surface area (Å²) < 4.78 is 0. The van der Waals surface area contributed by atoms with Crippen LogP contribution in [0.25, 0.3) is 0 Å². The molecule has 1 aliphatic heterocycles. The van der Waals surface area contributed by atoms with Crippen molar-refractivity contribution in [1.82, 2.24) is 15.5 Å². The summed E-state index contributed by atoms with van der Waals surface area (Å²) in [4.78, 5) is 36.1. The van der Waals surface area contributed by atoms with Crippen LogP contribution < -0.4 is 10.6 Å². The second-order valence-corrected chi connectivity index (χ2v) is 6.52. The molecule has 0 radical (unpaired) electrons. The largest absolute Gasteiger partial charge is 0.480 e. The van der Waals surface area contributed by atoms with Crippen LogP contribution >= 0.6 is 0 Å². The standard InChI is InChI=1S/C14H25N3O4/c1-9-6-8-17(11(9)12(19)20)13(21)15-7-5-10(18)16-14(2,3)4/h9,11H,5-8H2,1-4H3,(H,15,21)(H,16,18)(H,19,20). The van der Waals surface area contributed by atoms with Crippen molar-refractivity contribution >= 4 is 17.9 Å². The van der Waals surface area contributed by atoms with E-state index < -0.39 is 18.0 Å². The van der Waals surface area contributed by atoms with Crippen molar-refractivity contribution in [2.45, 2.75) is 52.1 Å². The van der Waals surface area contributed by atoms with Crippen molar-refractivity contribution in [2.24, 2.45) is 5.92 Å².